The van der Waals surface area contributed by atoms with E-state index in [0.717, 1.165) is 22.8 Å². The third-order valence-electron chi connectivity index (χ3n) is 5.01. The van der Waals surface area contributed by atoms with Crippen LogP contribution in [0, 0.1) is 11.8 Å². The predicted molar refractivity (Wildman–Crippen MR) is 124 cm³/mol. The molecule has 32 heavy (non-hydrogen) atoms. The lowest BCUT2D eigenvalue weighted by Gasteiger charge is -2.08. The summed E-state index contributed by atoms with van der Waals surface area (Å²) in [5.74, 6) is 4.05. The lowest BCUT2D eigenvalue weighted by molar-refractivity contribution is 0.0696. The maximum Gasteiger partial charge on any atom is 0.335 e. The topological polar surface area (TPSA) is 74.6 Å². The fourth-order valence-corrected chi connectivity index (χ4v) is 3.47. The summed E-state index contributed by atoms with van der Waals surface area (Å²) in [6.45, 7) is 0. The van der Waals surface area contributed by atoms with Crippen LogP contribution in [0.25, 0.3) is 22.3 Å². The summed E-state index contributed by atoms with van der Waals surface area (Å²) in [4.78, 5) is 23.0. The largest absolute Gasteiger partial charge is 0.478 e. The molecule has 4 heteroatoms. The molecule has 4 rings (SSSR count). The van der Waals surface area contributed by atoms with Crippen molar-refractivity contribution in [2.24, 2.45) is 0 Å². The first-order valence-corrected chi connectivity index (χ1v) is 9.90. The van der Waals surface area contributed by atoms with Gasteiger partial charge in [0.2, 0.25) is 0 Å². The zero-order valence-electron chi connectivity index (χ0n) is 16.9. The zero-order chi connectivity index (χ0) is 22.5. The number of aromatic carboxylic acids is 2. The Morgan fingerprint density at radius 3 is 1.47 bits per heavy atom. The van der Waals surface area contributed by atoms with Crippen LogP contribution in [-0.4, -0.2) is 22.2 Å². The minimum Gasteiger partial charge on any atom is -0.478 e. The highest BCUT2D eigenvalue weighted by Gasteiger charge is 2.14. The molecule has 0 aliphatic heterocycles. The molecule has 0 spiro atoms. The Labute approximate surface area is 185 Å². The molecule has 0 amide bonds. The normalized spacial score (nSPS) is 10.1. The van der Waals surface area contributed by atoms with Gasteiger partial charge in [0.25, 0.3) is 0 Å². The molecule has 0 saturated carbocycles. The lowest BCUT2D eigenvalue weighted by atomic mass is 9.95. The monoisotopic (exact) mass is 418 g/mol. The second-order valence-corrected chi connectivity index (χ2v) is 7.12. The molecule has 4 nitrogen and oxygen atoms in total. The molecule has 0 heterocycles. The van der Waals surface area contributed by atoms with Crippen LogP contribution in [0.4, 0.5) is 0 Å². The Morgan fingerprint density at radius 2 is 0.969 bits per heavy atom. The van der Waals surface area contributed by atoms with Gasteiger partial charge in [0.1, 0.15) is 0 Å². The number of hydrogen-bond donors (Lipinski definition) is 2. The Hall–Kier alpha value is -4.62. The van der Waals surface area contributed by atoms with Crippen LogP contribution < -0.4 is 0 Å². The van der Waals surface area contributed by atoms with Crippen LogP contribution >= 0.6 is 0 Å². The third-order valence-corrected chi connectivity index (χ3v) is 5.01. The van der Waals surface area contributed by atoms with E-state index >= 15 is 0 Å². The molecule has 0 unspecified atom stereocenters. The summed E-state index contributed by atoms with van der Waals surface area (Å²) < 4.78 is 0. The van der Waals surface area contributed by atoms with Gasteiger partial charge in [-0.1, -0.05) is 78.6 Å². The van der Waals surface area contributed by atoms with E-state index in [1.54, 1.807) is 6.07 Å². The van der Waals surface area contributed by atoms with E-state index in [0.29, 0.717) is 16.7 Å². The number of carboxylic acid groups (broad SMARTS) is 2. The van der Waals surface area contributed by atoms with E-state index in [4.69, 9.17) is 0 Å². The van der Waals surface area contributed by atoms with E-state index < -0.39 is 11.9 Å². The summed E-state index contributed by atoms with van der Waals surface area (Å²) in [5, 5.41) is 18.8. The van der Waals surface area contributed by atoms with Gasteiger partial charge >= 0.3 is 11.9 Å². The highest BCUT2D eigenvalue weighted by Crippen LogP contribution is 2.27. The summed E-state index contributed by atoms with van der Waals surface area (Å²) in [6.07, 6.45) is 0. The molecular formula is C28H18O4. The van der Waals surface area contributed by atoms with Crippen molar-refractivity contribution in [2.45, 2.75) is 0 Å². The molecule has 0 bridgehead atoms. The van der Waals surface area contributed by atoms with Crippen molar-refractivity contribution in [3.8, 4) is 34.1 Å². The van der Waals surface area contributed by atoms with Gasteiger partial charge in [-0.05, 0) is 52.6 Å². The van der Waals surface area contributed by atoms with Crippen LogP contribution in [0.2, 0.25) is 0 Å². The molecule has 0 atom stereocenters. The molecule has 0 saturated heterocycles. The number of carboxylic acids is 2. The van der Waals surface area contributed by atoms with Gasteiger partial charge < -0.3 is 10.2 Å². The average molecular weight is 418 g/mol. The molecule has 2 N–H and O–H groups in total. The fraction of sp³-hybridized carbons (Fsp3) is 0. The molecule has 0 fully saturated rings. The first-order chi connectivity index (χ1) is 15.5. The van der Waals surface area contributed by atoms with Crippen molar-refractivity contribution in [2.75, 3.05) is 0 Å². The van der Waals surface area contributed by atoms with E-state index in [2.05, 4.69) is 11.8 Å². The first-order valence-electron chi connectivity index (χ1n) is 9.90. The van der Waals surface area contributed by atoms with Crippen LogP contribution in [-0.2, 0) is 0 Å². The van der Waals surface area contributed by atoms with Crippen LogP contribution in [0.3, 0.4) is 0 Å². The standard InChI is InChI=1S/C28H18O4/c29-27(30)23-16-22(17-24(18-23)28(31)32)26-13-7-5-11-21(26)15-14-20-10-4-6-12-25(20)19-8-2-1-3-9-19/h1-13,16-18H,(H,29,30)(H,31,32). The highest BCUT2D eigenvalue weighted by atomic mass is 16.4. The van der Waals surface area contributed by atoms with Crippen LogP contribution in [0.5, 0.6) is 0 Å². The van der Waals surface area contributed by atoms with E-state index in [9.17, 15) is 19.8 Å². The SMILES string of the molecule is O=C(O)c1cc(C(=O)O)cc(-c2ccccc2C#Cc2ccccc2-c2ccccc2)c1. The molecule has 0 aliphatic rings. The maximum atomic E-state index is 11.5. The Bertz CT molecular complexity index is 1340. The van der Waals surface area contributed by atoms with Crippen molar-refractivity contribution < 1.29 is 19.8 Å². The maximum absolute atomic E-state index is 11.5. The van der Waals surface area contributed by atoms with Crippen molar-refractivity contribution in [3.05, 3.63) is 119 Å². The summed E-state index contributed by atoms with van der Waals surface area (Å²) >= 11 is 0. The Morgan fingerprint density at radius 1 is 0.531 bits per heavy atom. The second kappa shape index (κ2) is 9.03. The van der Waals surface area contributed by atoms with Crippen molar-refractivity contribution in [1.82, 2.24) is 0 Å². The van der Waals surface area contributed by atoms with Gasteiger partial charge in [0.05, 0.1) is 11.1 Å². The summed E-state index contributed by atoms with van der Waals surface area (Å²) in [7, 11) is 0. The van der Waals surface area contributed by atoms with Gasteiger partial charge in [0, 0.05) is 11.1 Å². The van der Waals surface area contributed by atoms with Crippen molar-refractivity contribution in [3.63, 3.8) is 0 Å². The molecule has 154 valence electrons. The molecule has 4 aromatic rings. The van der Waals surface area contributed by atoms with E-state index in [-0.39, 0.29) is 11.1 Å². The highest BCUT2D eigenvalue weighted by molar-refractivity contribution is 5.96. The van der Waals surface area contributed by atoms with Gasteiger partial charge in [-0.2, -0.15) is 0 Å². The minimum atomic E-state index is -1.19. The second-order valence-electron chi connectivity index (χ2n) is 7.12. The number of benzene rings is 4. The fourth-order valence-electron chi connectivity index (χ4n) is 3.47. The van der Waals surface area contributed by atoms with Gasteiger partial charge in [-0.3, -0.25) is 0 Å². The molecular weight excluding hydrogens is 400 g/mol. The summed E-state index contributed by atoms with van der Waals surface area (Å²) in [6, 6.07) is 29.2. The Kier molecular flexibility index (Phi) is 5.83. The molecule has 0 aliphatic carbocycles. The molecule has 0 aromatic heterocycles. The van der Waals surface area contributed by atoms with Crippen LogP contribution in [0.1, 0.15) is 31.8 Å². The van der Waals surface area contributed by atoms with Crippen LogP contribution in [0.15, 0.2) is 97.1 Å². The first kappa shape index (κ1) is 20.6. The summed E-state index contributed by atoms with van der Waals surface area (Å²) in [5.41, 5.74) is 4.60. The van der Waals surface area contributed by atoms with Crippen molar-refractivity contribution >= 4 is 11.9 Å². The predicted octanol–water partition coefficient (Wildman–Crippen LogP) is 5.82. The number of rotatable bonds is 4. The third kappa shape index (κ3) is 4.43. The van der Waals surface area contributed by atoms with E-state index in [1.165, 1.54) is 12.1 Å². The van der Waals surface area contributed by atoms with Gasteiger partial charge in [-0.15, -0.1) is 0 Å². The van der Waals surface area contributed by atoms with Gasteiger partial charge in [0.15, 0.2) is 0 Å². The van der Waals surface area contributed by atoms with Gasteiger partial charge in [-0.25, -0.2) is 9.59 Å². The Balaban J connectivity index is 1.82. The average Bonchev–Trinajstić information content (AvgIpc) is 2.83. The van der Waals surface area contributed by atoms with E-state index in [1.807, 2.05) is 72.8 Å². The zero-order valence-corrected chi connectivity index (χ0v) is 16.9. The smallest absolute Gasteiger partial charge is 0.335 e. The number of hydrogen-bond acceptors (Lipinski definition) is 2. The number of carbonyl (C=O) groups is 2. The quantitative estimate of drug-likeness (QED) is 0.410. The lowest BCUT2D eigenvalue weighted by Crippen LogP contribution is -2.03. The van der Waals surface area contributed by atoms with Crippen molar-refractivity contribution in [1.29, 1.82) is 0 Å². The molecule has 0 radical (unpaired) electrons. The minimum absolute atomic E-state index is 0.0860. The molecule has 4 aromatic carbocycles.